The van der Waals surface area contributed by atoms with Crippen LogP contribution < -0.4 is 4.90 Å². The van der Waals surface area contributed by atoms with E-state index >= 15 is 0 Å². The molecule has 0 bridgehead atoms. The molecule has 1 aliphatic rings. The summed E-state index contributed by atoms with van der Waals surface area (Å²) in [6.07, 6.45) is 2.27. The molecule has 0 aliphatic carbocycles. The van der Waals surface area contributed by atoms with E-state index in [2.05, 4.69) is 21.7 Å². The van der Waals surface area contributed by atoms with Crippen molar-refractivity contribution in [2.45, 2.75) is 6.42 Å². The minimum absolute atomic E-state index is 0.0620. The summed E-state index contributed by atoms with van der Waals surface area (Å²) in [5.74, 6) is -0.616. The molecule has 1 aliphatic heterocycles. The highest BCUT2D eigenvalue weighted by Crippen LogP contribution is 2.26. The first-order chi connectivity index (χ1) is 17.5. The first kappa shape index (κ1) is 25.3. The lowest BCUT2D eigenvalue weighted by molar-refractivity contribution is -0.131. The van der Waals surface area contributed by atoms with Gasteiger partial charge in [-0.3, -0.25) is 9.59 Å². The van der Waals surface area contributed by atoms with Crippen LogP contribution in [-0.4, -0.2) is 71.1 Å². The second kappa shape index (κ2) is 11.8. The molecule has 2 heterocycles. The Hall–Kier alpha value is -3.78. The van der Waals surface area contributed by atoms with Gasteiger partial charge in [0.1, 0.15) is 12.4 Å². The van der Waals surface area contributed by atoms with Gasteiger partial charge in [0, 0.05) is 38.3 Å². The number of benzene rings is 2. The molecule has 4 rings (SSSR count). The third kappa shape index (κ3) is 5.88. The molecule has 0 atom stereocenters. The van der Waals surface area contributed by atoms with Gasteiger partial charge in [-0.25, -0.2) is 4.39 Å². The van der Waals surface area contributed by atoms with Gasteiger partial charge in [-0.2, -0.15) is 0 Å². The third-order valence-electron chi connectivity index (χ3n) is 6.04. The number of nitrogens with zero attached hydrogens (tertiary/aromatic N) is 5. The van der Waals surface area contributed by atoms with E-state index in [1.165, 1.54) is 29.2 Å². The average molecular weight is 508 g/mol. The van der Waals surface area contributed by atoms with E-state index in [0.717, 1.165) is 17.8 Å². The van der Waals surface area contributed by atoms with Crippen molar-refractivity contribution in [2.24, 2.45) is 0 Å². The molecular weight excluding hydrogens is 481 g/mol. The van der Waals surface area contributed by atoms with Crippen LogP contribution in [0.5, 0.6) is 0 Å². The average Bonchev–Trinajstić information content (AvgIpc) is 3.15. The molecule has 36 heavy (non-hydrogen) atoms. The van der Waals surface area contributed by atoms with Crippen molar-refractivity contribution in [3.05, 3.63) is 89.7 Å². The van der Waals surface area contributed by atoms with Gasteiger partial charge in [0.2, 0.25) is 5.91 Å². The Morgan fingerprint density at radius 1 is 1.00 bits per heavy atom. The molecule has 0 saturated carbocycles. The van der Waals surface area contributed by atoms with Crippen LogP contribution in [0.25, 0.3) is 11.3 Å². The smallest absolute Gasteiger partial charge is 0.257 e. The van der Waals surface area contributed by atoms with Crippen molar-refractivity contribution in [2.75, 3.05) is 44.2 Å². The van der Waals surface area contributed by atoms with Crippen molar-refractivity contribution in [3.63, 3.8) is 0 Å². The molecular formula is C27H27ClFN5O2. The Bertz CT molecular complexity index is 1240. The van der Waals surface area contributed by atoms with Crippen molar-refractivity contribution in [3.8, 4) is 11.3 Å². The fourth-order valence-corrected chi connectivity index (χ4v) is 4.38. The van der Waals surface area contributed by atoms with Crippen molar-refractivity contribution < 1.29 is 14.0 Å². The van der Waals surface area contributed by atoms with Crippen LogP contribution >= 0.6 is 11.6 Å². The summed E-state index contributed by atoms with van der Waals surface area (Å²) in [4.78, 5) is 31.1. The summed E-state index contributed by atoms with van der Waals surface area (Å²) in [6, 6.07) is 17.0. The van der Waals surface area contributed by atoms with Crippen molar-refractivity contribution in [1.29, 1.82) is 0 Å². The fourth-order valence-electron chi connectivity index (χ4n) is 4.15. The quantitative estimate of drug-likeness (QED) is 0.446. The van der Waals surface area contributed by atoms with Crippen LogP contribution in [-0.2, 0) is 4.79 Å². The lowest BCUT2D eigenvalue weighted by atomic mass is 10.1. The molecule has 0 radical (unpaired) electrons. The van der Waals surface area contributed by atoms with Gasteiger partial charge in [-0.15, -0.1) is 16.8 Å². The maximum atomic E-state index is 14.1. The number of hydrogen-bond acceptors (Lipinski definition) is 5. The summed E-state index contributed by atoms with van der Waals surface area (Å²) < 4.78 is 14.1. The molecule has 0 spiro atoms. The van der Waals surface area contributed by atoms with Crippen molar-refractivity contribution in [1.82, 2.24) is 20.0 Å². The Kier molecular flexibility index (Phi) is 8.28. The van der Waals surface area contributed by atoms with E-state index in [4.69, 9.17) is 11.6 Å². The number of anilines is 1. The summed E-state index contributed by atoms with van der Waals surface area (Å²) >= 11 is 6.27. The van der Waals surface area contributed by atoms with Gasteiger partial charge < -0.3 is 14.7 Å². The molecule has 2 amide bonds. The highest BCUT2D eigenvalue weighted by Gasteiger charge is 2.25. The number of hydrogen-bond donors (Lipinski definition) is 0. The fraction of sp³-hybridized carbons (Fsp3) is 0.259. The van der Waals surface area contributed by atoms with E-state index in [-0.39, 0.29) is 24.6 Å². The van der Waals surface area contributed by atoms with Crippen LogP contribution in [0.15, 0.2) is 73.3 Å². The molecule has 1 saturated heterocycles. The SMILES string of the molecule is C=CCN(CC(=O)N1CCCN(c2ccc(-c3ccccc3Cl)nn2)CC1)C(=O)c1ccccc1F. The molecule has 7 nitrogen and oxygen atoms in total. The number of rotatable bonds is 7. The molecule has 1 fully saturated rings. The third-order valence-corrected chi connectivity index (χ3v) is 6.37. The highest BCUT2D eigenvalue weighted by atomic mass is 35.5. The standard InChI is InChI=1S/C27H27ClFN5O2/c1-2-14-34(27(36)21-9-4-6-11-23(21)29)19-26(35)33-16-7-15-32(17-18-33)25-13-12-24(30-31-25)20-8-3-5-10-22(20)28/h2-6,8-13H,1,7,14-19H2. The molecule has 186 valence electrons. The Morgan fingerprint density at radius 3 is 2.50 bits per heavy atom. The highest BCUT2D eigenvalue weighted by molar-refractivity contribution is 6.33. The lowest BCUT2D eigenvalue weighted by Gasteiger charge is -2.26. The molecule has 3 aromatic rings. The van der Waals surface area contributed by atoms with Crippen molar-refractivity contribution >= 4 is 29.2 Å². The number of aromatic nitrogens is 2. The second-order valence-electron chi connectivity index (χ2n) is 8.43. The van der Waals surface area contributed by atoms with Crippen LogP contribution in [0.4, 0.5) is 10.2 Å². The van der Waals surface area contributed by atoms with E-state index < -0.39 is 11.7 Å². The van der Waals surface area contributed by atoms with Gasteiger partial charge in [-0.05, 0) is 36.8 Å². The van der Waals surface area contributed by atoms with Gasteiger partial charge in [0.05, 0.1) is 16.3 Å². The summed E-state index contributed by atoms with van der Waals surface area (Å²) in [6.45, 7) is 5.99. The van der Waals surface area contributed by atoms with E-state index in [1.54, 1.807) is 11.0 Å². The summed E-state index contributed by atoms with van der Waals surface area (Å²) in [7, 11) is 0. The summed E-state index contributed by atoms with van der Waals surface area (Å²) in [5, 5.41) is 9.34. The maximum Gasteiger partial charge on any atom is 0.257 e. The van der Waals surface area contributed by atoms with Gasteiger partial charge in [0.15, 0.2) is 5.82 Å². The predicted molar refractivity (Wildman–Crippen MR) is 138 cm³/mol. The van der Waals surface area contributed by atoms with Crippen LogP contribution in [0.3, 0.4) is 0 Å². The van der Waals surface area contributed by atoms with Gasteiger partial charge >= 0.3 is 0 Å². The second-order valence-corrected chi connectivity index (χ2v) is 8.84. The number of carbonyl (C=O) groups excluding carboxylic acids is 2. The molecule has 0 N–H and O–H groups in total. The maximum absolute atomic E-state index is 14.1. The van der Waals surface area contributed by atoms with Crippen LogP contribution in [0.2, 0.25) is 5.02 Å². The topological polar surface area (TPSA) is 69.6 Å². The number of halogens is 2. The normalized spacial score (nSPS) is 13.7. The Morgan fingerprint density at radius 2 is 1.78 bits per heavy atom. The minimum Gasteiger partial charge on any atom is -0.353 e. The van der Waals surface area contributed by atoms with E-state index in [9.17, 15) is 14.0 Å². The first-order valence-electron chi connectivity index (χ1n) is 11.7. The summed E-state index contributed by atoms with van der Waals surface area (Å²) in [5.41, 5.74) is 1.45. The molecule has 1 aromatic heterocycles. The monoisotopic (exact) mass is 507 g/mol. The van der Waals surface area contributed by atoms with Gasteiger partial charge in [0.25, 0.3) is 5.91 Å². The Balaban J connectivity index is 1.39. The Labute approximate surface area is 214 Å². The lowest BCUT2D eigenvalue weighted by Crippen LogP contribution is -2.44. The first-order valence-corrected chi connectivity index (χ1v) is 12.1. The molecule has 2 aromatic carbocycles. The van der Waals surface area contributed by atoms with Crippen LogP contribution in [0.1, 0.15) is 16.8 Å². The van der Waals surface area contributed by atoms with Crippen LogP contribution in [0, 0.1) is 5.82 Å². The largest absolute Gasteiger partial charge is 0.353 e. The molecule has 9 heteroatoms. The zero-order valence-electron chi connectivity index (χ0n) is 19.8. The van der Waals surface area contributed by atoms with Gasteiger partial charge in [-0.1, -0.05) is 48.0 Å². The predicted octanol–water partition coefficient (Wildman–Crippen LogP) is 4.30. The van der Waals surface area contributed by atoms with E-state index in [1.807, 2.05) is 36.4 Å². The van der Waals surface area contributed by atoms with E-state index in [0.29, 0.717) is 36.9 Å². The molecule has 0 unspecified atom stereocenters. The minimum atomic E-state index is -0.615. The number of amides is 2. The number of carbonyl (C=O) groups is 2. The zero-order valence-corrected chi connectivity index (χ0v) is 20.6. The zero-order chi connectivity index (χ0) is 25.5.